The quantitative estimate of drug-likeness (QED) is 0.413. The predicted molar refractivity (Wildman–Crippen MR) is 145 cm³/mol. The van der Waals surface area contributed by atoms with Crippen molar-refractivity contribution in [3.8, 4) is 0 Å². The third-order valence-corrected chi connectivity index (χ3v) is 8.90. The van der Waals surface area contributed by atoms with E-state index in [0.717, 1.165) is 57.2 Å². The number of carboxylic acid groups (broad SMARTS) is 1. The second-order valence-electron chi connectivity index (χ2n) is 11.5. The molecular formula is C31H42F2N2O3. The van der Waals surface area contributed by atoms with Crippen LogP contribution in [-0.2, 0) is 11.2 Å². The van der Waals surface area contributed by atoms with Gasteiger partial charge < -0.3 is 15.1 Å². The highest BCUT2D eigenvalue weighted by atomic mass is 19.2. The highest BCUT2D eigenvalue weighted by molar-refractivity contribution is 5.74. The van der Waals surface area contributed by atoms with Crippen LogP contribution in [0.5, 0.6) is 0 Å². The largest absolute Gasteiger partial charge is 0.480 e. The number of piperidine rings is 1. The second-order valence-corrected chi connectivity index (χ2v) is 11.5. The number of rotatable bonds is 11. The van der Waals surface area contributed by atoms with E-state index in [9.17, 15) is 23.8 Å². The van der Waals surface area contributed by atoms with E-state index >= 15 is 0 Å². The highest BCUT2D eigenvalue weighted by Crippen LogP contribution is 2.37. The SMILES string of the molecule is CCC(C)C(C(=O)O)N1CC(CN2CCC(O)(CCCc3ccc(F)c(F)c3)CC2)C(c2ccccc2)C1. The molecule has 2 heterocycles. The normalized spacial score (nSPS) is 23.8. The molecule has 208 valence electrons. The molecular weight excluding hydrogens is 486 g/mol. The molecule has 0 radical (unpaired) electrons. The summed E-state index contributed by atoms with van der Waals surface area (Å²) in [5.74, 6) is -1.72. The van der Waals surface area contributed by atoms with E-state index in [1.165, 1.54) is 11.6 Å². The maximum Gasteiger partial charge on any atom is 0.321 e. The molecule has 38 heavy (non-hydrogen) atoms. The standard InChI is InChI=1S/C31H42F2N2O3/c1-3-22(2)29(30(36)37)35-20-25(26(21-35)24-9-5-4-6-10-24)19-34-16-14-31(38,15-17-34)13-7-8-23-11-12-27(32)28(33)18-23/h4-6,9-12,18,22,25-26,29,38H,3,7-8,13-17,19-21H2,1-2H3,(H,36,37). The number of benzene rings is 2. The number of nitrogens with zero attached hydrogens (tertiary/aromatic N) is 2. The van der Waals surface area contributed by atoms with E-state index < -0.39 is 29.2 Å². The Morgan fingerprint density at radius 1 is 1.08 bits per heavy atom. The number of aliphatic carboxylic acids is 1. The summed E-state index contributed by atoms with van der Waals surface area (Å²) in [4.78, 5) is 16.8. The van der Waals surface area contributed by atoms with Crippen molar-refractivity contribution >= 4 is 5.97 Å². The summed E-state index contributed by atoms with van der Waals surface area (Å²) in [6.07, 6.45) is 4.17. The summed E-state index contributed by atoms with van der Waals surface area (Å²) in [5.41, 5.74) is 1.28. The Labute approximate surface area is 225 Å². The minimum absolute atomic E-state index is 0.0825. The molecule has 2 saturated heterocycles. The molecule has 4 atom stereocenters. The van der Waals surface area contributed by atoms with E-state index in [2.05, 4.69) is 41.0 Å². The Hall–Kier alpha value is -2.35. The van der Waals surface area contributed by atoms with Crippen LogP contribution in [0.25, 0.3) is 0 Å². The monoisotopic (exact) mass is 528 g/mol. The van der Waals surface area contributed by atoms with E-state index in [-0.39, 0.29) is 11.8 Å². The summed E-state index contributed by atoms with van der Waals surface area (Å²) < 4.78 is 26.7. The molecule has 7 heteroatoms. The lowest BCUT2D eigenvalue weighted by molar-refractivity contribution is -0.145. The summed E-state index contributed by atoms with van der Waals surface area (Å²) in [6.45, 7) is 8.07. The maximum absolute atomic E-state index is 13.5. The third-order valence-electron chi connectivity index (χ3n) is 8.90. The zero-order valence-electron chi connectivity index (χ0n) is 22.7. The van der Waals surface area contributed by atoms with Gasteiger partial charge in [-0.2, -0.15) is 0 Å². The fourth-order valence-electron chi connectivity index (χ4n) is 6.43. The summed E-state index contributed by atoms with van der Waals surface area (Å²) >= 11 is 0. The number of carbonyl (C=O) groups is 1. The molecule has 0 bridgehead atoms. The van der Waals surface area contributed by atoms with Crippen LogP contribution in [0.4, 0.5) is 8.78 Å². The first-order valence-corrected chi connectivity index (χ1v) is 14.1. The molecule has 4 unspecified atom stereocenters. The van der Waals surface area contributed by atoms with Crippen LogP contribution in [-0.4, -0.2) is 70.3 Å². The van der Waals surface area contributed by atoms with Gasteiger partial charge in [0.05, 0.1) is 5.60 Å². The minimum Gasteiger partial charge on any atom is -0.480 e. The smallest absolute Gasteiger partial charge is 0.321 e. The number of aryl methyl sites for hydroxylation is 1. The Kier molecular flexibility index (Phi) is 9.55. The number of likely N-dealkylation sites (tertiary alicyclic amines) is 2. The predicted octanol–water partition coefficient (Wildman–Crippen LogP) is 5.33. The number of carboxylic acids is 1. The highest BCUT2D eigenvalue weighted by Gasteiger charge is 2.42. The van der Waals surface area contributed by atoms with Gasteiger partial charge in [-0.3, -0.25) is 9.69 Å². The van der Waals surface area contributed by atoms with Gasteiger partial charge in [0.1, 0.15) is 6.04 Å². The first kappa shape index (κ1) is 28.7. The van der Waals surface area contributed by atoms with Crippen LogP contribution in [0.2, 0.25) is 0 Å². The third kappa shape index (κ3) is 6.99. The van der Waals surface area contributed by atoms with Gasteiger partial charge in [-0.05, 0) is 67.2 Å². The van der Waals surface area contributed by atoms with Gasteiger partial charge >= 0.3 is 5.97 Å². The van der Waals surface area contributed by atoms with Gasteiger partial charge in [0.2, 0.25) is 0 Å². The van der Waals surface area contributed by atoms with Crippen molar-refractivity contribution in [3.63, 3.8) is 0 Å². The van der Waals surface area contributed by atoms with Crippen molar-refractivity contribution in [2.45, 2.75) is 69.9 Å². The Morgan fingerprint density at radius 2 is 1.79 bits per heavy atom. The average Bonchev–Trinajstić information content (AvgIpc) is 3.30. The molecule has 2 fully saturated rings. The van der Waals surface area contributed by atoms with Crippen molar-refractivity contribution in [1.82, 2.24) is 9.80 Å². The topological polar surface area (TPSA) is 64.0 Å². The van der Waals surface area contributed by atoms with Gasteiger partial charge in [-0.1, -0.05) is 56.7 Å². The van der Waals surface area contributed by atoms with E-state index in [1.807, 2.05) is 13.0 Å². The first-order chi connectivity index (χ1) is 18.2. The first-order valence-electron chi connectivity index (χ1n) is 14.1. The van der Waals surface area contributed by atoms with Gasteiger partial charge in [0.25, 0.3) is 0 Å². The number of aliphatic hydroxyl groups is 1. The van der Waals surface area contributed by atoms with E-state index in [4.69, 9.17) is 0 Å². The number of halogens is 2. The van der Waals surface area contributed by atoms with Crippen LogP contribution < -0.4 is 0 Å². The second kappa shape index (κ2) is 12.7. The van der Waals surface area contributed by atoms with Crippen molar-refractivity contribution in [2.75, 3.05) is 32.7 Å². The van der Waals surface area contributed by atoms with Crippen LogP contribution in [0, 0.1) is 23.5 Å². The minimum atomic E-state index is -0.835. The summed E-state index contributed by atoms with van der Waals surface area (Å²) in [6, 6.07) is 14.0. The van der Waals surface area contributed by atoms with E-state index in [0.29, 0.717) is 31.6 Å². The van der Waals surface area contributed by atoms with E-state index in [1.54, 1.807) is 6.07 Å². The van der Waals surface area contributed by atoms with Crippen molar-refractivity contribution in [1.29, 1.82) is 0 Å². The van der Waals surface area contributed by atoms with Crippen LogP contribution in [0.3, 0.4) is 0 Å². The molecule has 5 nitrogen and oxygen atoms in total. The van der Waals surface area contributed by atoms with Crippen molar-refractivity contribution < 1.29 is 23.8 Å². The van der Waals surface area contributed by atoms with Gasteiger partial charge in [-0.15, -0.1) is 0 Å². The molecule has 0 amide bonds. The lowest BCUT2D eigenvalue weighted by atomic mass is 9.84. The van der Waals surface area contributed by atoms with Crippen LogP contribution in [0.15, 0.2) is 48.5 Å². The van der Waals surface area contributed by atoms with Gasteiger partial charge in [0.15, 0.2) is 11.6 Å². The van der Waals surface area contributed by atoms with Crippen molar-refractivity contribution in [2.24, 2.45) is 11.8 Å². The average molecular weight is 529 g/mol. The van der Waals surface area contributed by atoms with Crippen LogP contribution >= 0.6 is 0 Å². The molecule has 4 rings (SSSR count). The molecule has 2 aliphatic heterocycles. The fraction of sp³-hybridized carbons (Fsp3) is 0.581. The molecule has 2 aromatic rings. The Morgan fingerprint density at radius 3 is 2.42 bits per heavy atom. The zero-order chi connectivity index (χ0) is 27.3. The lowest BCUT2D eigenvalue weighted by Gasteiger charge is -2.40. The number of hydrogen-bond acceptors (Lipinski definition) is 4. The maximum atomic E-state index is 13.5. The molecule has 0 saturated carbocycles. The number of hydrogen-bond donors (Lipinski definition) is 2. The molecule has 0 spiro atoms. The Bertz CT molecular complexity index is 1060. The Balaban J connectivity index is 1.34. The lowest BCUT2D eigenvalue weighted by Crippen LogP contribution is -2.47. The fourth-order valence-corrected chi connectivity index (χ4v) is 6.43. The molecule has 2 aromatic carbocycles. The van der Waals surface area contributed by atoms with Crippen molar-refractivity contribution in [3.05, 3.63) is 71.3 Å². The summed E-state index contributed by atoms with van der Waals surface area (Å²) in [5, 5.41) is 21.2. The molecule has 0 aromatic heterocycles. The van der Waals surface area contributed by atoms with Crippen LogP contribution in [0.1, 0.15) is 63.0 Å². The molecule has 2 aliphatic rings. The molecule has 0 aliphatic carbocycles. The summed E-state index contributed by atoms with van der Waals surface area (Å²) in [7, 11) is 0. The van der Waals surface area contributed by atoms with Gasteiger partial charge in [0, 0.05) is 38.6 Å². The zero-order valence-corrected chi connectivity index (χ0v) is 22.7. The molecule has 2 N–H and O–H groups in total. The van der Waals surface area contributed by atoms with Gasteiger partial charge in [-0.25, -0.2) is 8.78 Å².